The Bertz CT molecular complexity index is 260. The number of carboxylic acids is 1. The molecule has 0 aromatic rings. The van der Waals surface area contributed by atoms with Gasteiger partial charge in [-0.05, 0) is 7.05 Å². The molecule has 0 aliphatic rings. The Morgan fingerprint density at radius 2 is 2.12 bits per heavy atom. The van der Waals surface area contributed by atoms with Crippen molar-refractivity contribution in [2.24, 2.45) is 5.92 Å². The summed E-state index contributed by atoms with van der Waals surface area (Å²) in [6.45, 7) is 1.80. The van der Waals surface area contributed by atoms with Gasteiger partial charge in [0.05, 0.1) is 5.37 Å². The van der Waals surface area contributed by atoms with Crippen LogP contribution in [0.4, 0.5) is 0 Å². The van der Waals surface area contributed by atoms with Crippen LogP contribution < -0.4 is 10.6 Å². The number of hydrogen-bond donors (Lipinski definition) is 3. The average Bonchev–Trinajstić information content (AvgIpc) is 2.22. The van der Waals surface area contributed by atoms with Crippen LogP contribution in [0.25, 0.3) is 0 Å². The number of hydrogen-bond acceptors (Lipinski definition) is 5. The Kier molecular flexibility index (Phi) is 7.57. The van der Waals surface area contributed by atoms with Crippen LogP contribution in [0.15, 0.2) is 0 Å². The van der Waals surface area contributed by atoms with Crippen LogP contribution in [-0.4, -0.2) is 48.0 Å². The van der Waals surface area contributed by atoms with Crippen LogP contribution in [-0.2, 0) is 14.4 Å². The van der Waals surface area contributed by atoms with E-state index in [1.165, 1.54) is 18.7 Å². The van der Waals surface area contributed by atoms with Crippen molar-refractivity contribution in [3.63, 3.8) is 0 Å². The lowest BCUT2D eigenvalue weighted by Crippen LogP contribution is -2.37. The summed E-state index contributed by atoms with van der Waals surface area (Å²) in [6, 6.07) is 0. The fourth-order valence-corrected chi connectivity index (χ4v) is 1.90. The van der Waals surface area contributed by atoms with Gasteiger partial charge >= 0.3 is 5.97 Å². The topological polar surface area (TPSA) is 95.5 Å². The maximum absolute atomic E-state index is 10.7. The summed E-state index contributed by atoms with van der Waals surface area (Å²) < 4.78 is 0. The van der Waals surface area contributed by atoms with Gasteiger partial charge < -0.3 is 20.5 Å². The molecule has 0 saturated heterocycles. The molecule has 0 heterocycles. The lowest BCUT2D eigenvalue weighted by atomic mass is 10.2. The fourth-order valence-electron chi connectivity index (χ4n) is 0.869. The average molecular weight is 248 g/mol. The van der Waals surface area contributed by atoms with Crippen molar-refractivity contribution >= 4 is 29.9 Å². The van der Waals surface area contributed by atoms with Crippen LogP contribution in [0.3, 0.4) is 0 Å². The van der Waals surface area contributed by atoms with E-state index in [9.17, 15) is 14.4 Å². The molecule has 0 rings (SSSR count). The highest BCUT2D eigenvalue weighted by Crippen LogP contribution is 2.12. The summed E-state index contributed by atoms with van der Waals surface area (Å²) in [5, 5.41) is 14.1. The van der Waals surface area contributed by atoms with Crippen LogP contribution >= 0.6 is 11.8 Å². The smallest absolute Gasteiger partial charge is 0.314 e. The molecule has 0 aliphatic carbocycles. The maximum Gasteiger partial charge on any atom is 0.314 e. The summed E-state index contributed by atoms with van der Waals surface area (Å²) in [5.74, 6) is -2.09. The number of likely N-dealkylation sites (N-methyl/N-ethyl adjacent to an activating group) is 1. The van der Waals surface area contributed by atoms with Crippen LogP contribution in [0, 0.1) is 5.92 Å². The van der Waals surface area contributed by atoms with E-state index in [0.717, 1.165) is 0 Å². The second-order valence-electron chi connectivity index (χ2n) is 3.13. The van der Waals surface area contributed by atoms with Crippen molar-refractivity contribution in [2.45, 2.75) is 12.3 Å². The SMILES string of the molecule is CNC(CNC(C)=O)SCC(C=O)C(=O)O. The predicted octanol–water partition coefficient (Wildman–Crippen LogP) is -0.699. The van der Waals surface area contributed by atoms with Gasteiger partial charge in [0, 0.05) is 19.2 Å². The summed E-state index contributed by atoms with van der Waals surface area (Å²) >= 11 is 1.29. The van der Waals surface area contributed by atoms with Crippen molar-refractivity contribution in [1.82, 2.24) is 10.6 Å². The summed E-state index contributed by atoms with van der Waals surface area (Å²) in [7, 11) is 1.70. The van der Waals surface area contributed by atoms with Crippen molar-refractivity contribution in [1.29, 1.82) is 0 Å². The zero-order chi connectivity index (χ0) is 12.6. The molecule has 0 bridgehead atoms. The van der Waals surface area contributed by atoms with Gasteiger partial charge in [0.25, 0.3) is 0 Å². The Hall–Kier alpha value is -1.08. The van der Waals surface area contributed by atoms with Gasteiger partial charge in [0.2, 0.25) is 5.91 Å². The van der Waals surface area contributed by atoms with E-state index in [1.807, 2.05) is 0 Å². The highest BCUT2D eigenvalue weighted by molar-refractivity contribution is 7.99. The van der Waals surface area contributed by atoms with E-state index in [0.29, 0.717) is 12.8 Å². The Labute approximate surface area is 98.2 Å². The Morgan fingerprint density at radius 3 is 2.50 bits per heavy atom. The number of nitrogens with one attached hydrogen (secondary N) is 2. The minimum atomic E-state index is -1.13. The zero-order valence-corrected chi connectivity index (χ0v) is 10.0. The van der Waals surface area contributed by atoms with Crippen LogP contribution in [0.2, 0.25) is 0 Å². The minimum absolute atomic E-state index is 0.106. The van der Waals surface area contributed by atoms with Crippen molar-refractivity contribution in [3.05, 3.63) is 0 Å². The van der Waals surface area contributed by atoms with Crippen molar-refractivity contribution in [3.8, 4) is 0 Å². The summed E-state index contributed by atoms with van der Waals surface area (Å²) in [5.41, 5.74) is 0. The molecule has 2 unspecified atom stereocenters. The molecule has 16 heavy (non-hydrogen) atoms. The summed E-state index contributed by atoms with van der Waals surface area (Å²) in [4.78, 5) is 31.7. The minimum Gasteiger partial charge on any atom is -0.481 e. The molecular formula is C9H16N2O4S. The lowest BCUT2D eigenvalue weighted by molar-refractivity contribution is -0.142. The van der Waals surface area contributed by atoms with Gasteiger partial charge in [-0.3, -0.25) is 9.59 Å². The molecule has 92 valence electrons. The van der Waals surface area contributed by atoms with E-state index in [1.54, 1.807) is 7.05 Å². The second kappa shape index (κ2) is 8.12. The molecular weight excluding hydrogens is 232 g/mol. The van der Waals surface area contributed by atoms with Crippen LogP contribution in [0.5, 0.6) is 0 Å². The number of amides is 1. The molecule has 0 aromatic heterocycles. The molecule has 0 saturated carbocycles. The predicted molar refractivity (Wildman–Crippen MR) is 61.2 cm³/mol. The molecule has 3 N–H and O–H groups in total. The standard InChI is InChI=1S/C9H16N2O4S/c1-6(13)11-3-8(10-2)16-5-7(4-12)9(14)15/h4,7-8,10H,3,5H2,1-2H3,(H,11,13)(H,14,15). The monoisotopic (exact) mass is 248 g/mol. The first-order valence-corrected chi connectivity index (χ1v) is 5.77. The number of thioether (sulfide) groups is 1. The van der Waals surface area contributed by atoms with Gasteiger partial charge in [-0.1, -0.05) is 0 Å². The highest BCUT2D eigenvalue weighted by Gasteiger charge is 2.18. The quantitative estimate of drug-likeness (QED) is 0.299. The molecule has 0 fully saturated rings. The lowest BCUT2D eigenvalue weighted by Gasteiger charge is -2.16. The number of rotatable bonds is 8. The molecule has 7 heteroatoms. The zero-order valence-electron chi connectivity index (χ0n) is 9.23. The van der Waals surface area contributed by atoms with Gasteiger partial charge in [-0.2, -0.15) is 0 Å². The number of carboxylic acid groups (broad SMARTS) is 1. The molecule has 2 atom stereocenters. The molecule has 1 amide bonds. The second-order valence-corrected chi connectivity index (χ2v) is 4.36. The fraction of sp³-hybridized carbons (Fsp3) is 0.667. The van der Waals surface area contributed by atoms with E-state index < -0.39 is 11.9 Å². The number of carbonyl (C=O) groups is 3. The third-order valence-electron chi connectivity index (χ3n) is 1.82. The third-order valence-corrected chi connectivity index (χ3v) is 3.17. The van der Waals surface area contributed by atoms with Gasteiger partial charge in [-0.25, -0.2) is 0 Å². The van der Waals surface area contributed by atoms with E-state index in [-0.39, 0.29) is 17.0 Å². The first-order valence-electron chi connectivity index (χ1n) is 4.72. The van der Waals surface area contributed by atoms with Gasteiger partial charge in [-0.15, -0.1) is 11.8 Å². The third kappa shape index (κ3) is 6.41. The van der Waals surface area contributed by atoms with E-state index >= 15 is 0 Å². The number of aliphatic carboxylic acids is 1. The van der Waals surface area contributed by atoms with Crippen LogP contribution in [0.1, 0.15) is 6.92 Å². The molecule has 6 nitrogen and oxygen atoms in total. The molecule has 0 spiro atoms. The first-order chi connectivity index (χ1) is 7.51. The molecule has 0 radical (unpaired) electrons. The largest absolute Gasteiger partial charge is 0.481 e. The Morgan fingerprint density at radius 1 is 1.50 bits per heavy atom. The summed E-state index contributed by atoms with van der Waals surface area (Å²) in [6.07, 6.45) is 0.417. The molecule has 0 aliphatic heterocycles. The normalized spacial score (nSPS) is 13.9. The maximum atomic E-state index is 10.7. The van der Waals surface area contributed by atoms with Gasteiger partial charge in [0.1, 0.15) is 12.2 Å². The van der Waals surface area contributed by atoms with Crippen molar-refractivity contribution in [2.75, 3.05) is 19.3 Å². The molecule has 0 aromatic carbocycles. The van der Waals surface area contributed by atoms with E-state index in [4.69, 9.17) is 5.11 Å². The Balaban J connectivity index is 3.97. The van der Waals surface area contributed by atoms with E-state index in [2.05, 4.69) is 10.6 Å². The highest BCUT2D eigenvalue weighted by atomic mass is 32.2. The first kappa shape index (κ1) is 14.9. The number of carbonyl (C=O) groups excluding carboxylic acids is 2. The van der Waals surface area contributed by atoms with Gasteiger partial charge in [0.15, 0.2) is 0 Å². The van der Waals surface area contributed by atoms with Crippen molar-refractivity contribution < 1.29 is 19.5 Å². The number of aldehydes is 1.